The van der Waals surface area contributed by atoms with Crippen molar-refractivity contribution in [3.8, 4) is 0 Å². The van der Waals surface area contributed by atoms with Crippen molar-refractivity contribution >= 4 is 21.8 Å². The summed E-state index contributed by atoms with van der Waals surface area (Å²) in [5.41, 5.74) is 0. The molecule has 0 radical (unpaired) electrons. The Morgan fingerprint density at radius 2 is 1.74 bits per heavy atom. The molecule has 0 heterocycles. The summed E-state index contributed by atoms with van der Waals surface area (Å²) in [6, 6.07) is 7.72. The van der Waals surface area contributed by atoms with Crippen LogP contribution in [-0.2, 0) is 19.6 Å². The van der Waals surface area contributed by atoms with Crippen molar-refractivity contribution in [3.05, 3.63) is 30.3 Å². The molecule has 19 heavy (non-hydrogen) atoms. The van der Waals surface area contributed by atoms with Crippen molar-refractivity contribution in [1.82, 2.24) is 4.72 Å². The molecule has 0 saturated heterocycles. The first kappa shape index (κ1) is 15.3. The Labute approximate surface area is 111 Å². The van der Waals surface area contributed by atoms with Crippen molar-refractivity contribution in [2.24, 2.45) is 0 Å². The average molecular weight is 285 g/mol. The summed E-state index contributed by atoms with van der Waals surface area (Å²) in [5, 5.41) is 8.41. The predicted octanol–water partition coefficient (Wildman–Crippen LogP) is 0.789. The van der Waals surface area contributed by atoms with E-state index in [1.165, 1.54) is 12.1 Å². The molecule has 6 nitrogen and oxygen atoms in total. The van der Waals surface area contributed by atoms with Gasteiger partial charge in [0.2, 0.25) is 10.0 Å². The number of hydrogen-bond acceptors (Lipinski definition) is 4. The summed E-state index contributed by atoms with van der Waals surface area (Å²) in [4.78, 5) is 21.7. The maximum Gasteiger partial charge on any atom is 0.303 e. The highest BCUT2D eigenvalue weighted by Gasteiger charge is 2.14. The van der Waals surface area contributed by atoms with Crippen LogP contribution in [0.4, 0.5) is 0 Å². The van der Waals surface area contributed by atoms with E-state index in [0.717, 1.165) is 0 Å². The molecule has 2 N–H and O–H groups in total. The van der Waals surface area contributed by atoms with Gasteiger partial charge in [-0.2, -0.15) is 0 Å². The van der Waals surface area contributed by atoms with E-state index in [-0.39, 0.29) is 36.5 Å². The van der Waals surface area contributed by atoms with Crippen molar-refractivity contribution < 1.29 is 23.1 Å². The maximum absolute atomic E-state index is 11.8. The lowest BCUT2D eigenvalue weighted by molar-refractivity contribution is -0.137. The molecule has 7 heteroatoms. The molecule has 0 aromatic heterocycles. The van der Waals surface area contributed by atoms with Crippen LogP contribution in [-0.4, -0.2) is 31.8 Å². The lowest BCUT2D eigenvalue weighted by atomic mass is 10.2. The quantitative estimate of drug-likeness (QED) is 0.735. The SMILES string of the molecule is O=C(O)CCCC(=O)CNS(=O)(=O)c1ccccc1. The molecule has 0 saturated carbocycles. The first-order chi connectivity index (χ1) is 8.92. The van der Waals surface area contributed by atoms with Crippen LogP contribution in [0, 0.1) is 0 Å². The van der Waals surface area contributed by atoms with Crippen LogP contribution < -0.4 is 4.72 Å². The largest absolute Gasteiger partial charge is 0.481 e. The highest BCUT2D eigenvalue weighted by Crippen LogP contribution is 2.06. The summed E-state index contributed by atoms with van der Waals surface area (Å²) < 4.78 is 25.7. The van der Waals surface area contributed by atoms with Crippen molar-refractivity contribution in [1.29, 1.82) is 0 Å². The second kappa shape index (κ2) is 7.01. The number of carboxylic acid groups (broad SMARTS) is 1. The molecule has 1 aromatic rings. The van der Waals surface area contributed by atoms with Gasteiger partial charge in [0.05, 0.1) is 11.4 Å². The van der Waals surface area contributed by atoms with Gasteiger partial charge in [-0.25, -0.2) is 13.1 Å². The minimum atomic E-state index is -3.68. The Hall–Kier alpha value is -1.73. The molecule has 0 aliphatic rings. The van der Waals surface area contributed by atoms with E-state index in [9.17, 15) is 18.0 Å². The van der Waals surface area contributed by atoms with Gasteiger partial charge in [-0.15, -0.1) is 0 Å². The molecule has 0 unspecified atom stereocenters. The summed E-state index contributed by atoms with van der Waals surface area (Å²) in [7, 11) is -3.68. The molecule has 0 fully saturated rings. The normalized spacial score (nSPS) is 11.2. The zero-order valence-electron chi connectivity index (χ0n) is 10.2. The lowest BCUT2D eigenvalue weighted by Crippen LogP contribution is -2.29. The standard InChI is InChI=1S/C12H15NO5S/c14-10(5-4-8-12(15)16)9-13-19(17,18)11-6-2-1-3-7-11/h1-3,6-7,13H,4-5,8-9H2,(H,15,16). The number of Topliss-reactive ketones (excluding diaryl/α,β-unsaturated/α-hetero) is 1. The highest BCUT2D eigenvalue weighted by molar-refractivity contribution is 7.89. The molecule has 0 aliphatic heterocycles. The van der Waals surface area contributed by atoms with Crippen molar-refractivity contribution in [2.45, 2.75) is 24.2 Å². The van der Waals surface area contributed by atoms with E-state index in [0.29, 0.717) is 0 Å². The number of carboxylic acids is 1. The Morgan fingerprint density at radius 1 is 1.11 bits per heavy atom. The fourth-order valence-electron chi connectivity index (χ4n) is 1.38. The van der Waals surface area contributed by atoms with Gasteiger partial charge in [0.1, 0.15) is 5.78 Å². The number of carbonyl (C=O) groups is 2. The number of aliphatic carboxylic acids is 1. The second-order valence-corrected chi connectivity index (χ2v) is 5.69. The van der Waals surface area contributed by atoms with Crippen LogP contribution in [0.2, 0.25) is 0 Å². The molecule has 1 aromatic carbocycles. The zero-order chi connectivity index (χ0) is 14.3. The predicted molar refractivity (Wildman–Crippen MR) is 68.1 cm³/mol. The van der Waals surface area contributed by atoms with Crippen molar-refractivity contribution in [2.75, 3.05) is 6.54 Å². The van der Waals surface area contributed by atoms with Gasteiger partial charge in [0.25, 0.3) is 0 Å². The van der Waals surface area contributed by atoms with Gasteiger partial charge in [-0.05, 0) is 18.6 Å². The van der Waals surface area contributed by atoms with Crippen LogP contribution in [0.25, 0.3) is 0 Å². The van der Waals surface area contributed by atoms with Crippen LogP contribution in [0.5, 0.6) is 0 Å². The minimum Gasteiger partial charge on any atom is -0.481 e. The van der Waals surface area contributed by atoms with E-state index in [1.807, 2.05) is 0 Å². The van der Waals surface area contributed by atoms with Crippen LogP contribution in [0.3, 0.4) is 0 Å². The van der Waals surface area contributed by atoms with Gasteiger partial charge in [-0.1, -0.05) is 18.2 Å². The fourth-order valence-corrected chi connectivity index (χ4v) is 2.42. The van der Waals surface area contributed by atoms with Gasteiger partial charge < -0.3 is 5.11 Å². The Balaban J connectivity index is 2.44. The molecular formula is C12H15NO5S. The monoisotopic (exact) mass is 285 g/mol. The third-order valence-electron chi connectivity index (χ3n) is 2.36. The summed E-state index contributed by atoms with van der Waals surface area (Å²) in [6.07, 6.45) is 0.155. The Kier molecular flexibility index (Phi) is 5.65. The molecule has 104 valence electrons. The third-order valence-corrected chi connectivity index (χ3v) is 3.78. The van der Waals surface area contributed by atoms with E-state index < -0.39 is 16.0 Å². The number of ketones is 1. The summed E-state index contributed by atoms with van der Waals surface area (Å²) >= 11 is 0. The first-order valence-corrected chi connectivity index (χ1v) is 7.18. The minimum absolute atomic E-state index is 0.0452. The topological polar surface area (TPSA) is 101 Å². The molecule has 0 amide bonds. The molecule has 0 bridgehead atoms. The number of benzene rings is 1. The Bertz CT molecular complexity index is 538. The maximum atomic E-state index is 11.8. The zero-order valence-corrected chi connectivity index (χ0v) is 11.0. The van der Waals surface area contributed by atoms with E-state index in [1.54, 1.807) is 18.2 Å². The number of rotatable bonds is 8. The fraction of sp³-hybridized carbons (Fsp3) is 0.333. The van der Waals surface area contributed by atoms with E-state index in [2.05, 4.69) is 4.72 Å². The van der Waals surface area contributed by atoms with E-state index >= 15 is 0 Å². The average Bonchev–Trinajstić information content (AvgIpc) is 2.37. The lowest BCUT2D eigenvalue weighted by Gasteiger charge is -2.05. The van der Waals surface area contributed by atoms with Crippen LogP contribution >= 0.6 is 0 Å². The molecule has 0 aliphatic carbocycles. The Morgan fingerprint density at radius 3 is 2.32 bits per heavy atom. The highest BCUT2D eigenvalue weighted by atomic mass is 32.2. The smallest absolute Gasteiger partial charge is 0.303 e. The number of nitrogens with one attached hydrogen (secondary N) is 1. The van der Waals surface area contributed by atoms with Crippen LogP contribution in [0.15, 0.2) is 35.2 Å². The number of carbonyl (C=O) groups excluding carboxylic acids is 1. The summed E-state index contributed by atoms with van der Waals surface area (Å²) in [5.74, 6) is -1.31. The van der Waals surface area contributed by atoms with Gasteiger partial charge in [-0.3, -0.25) is 9.59 Å². The second-order valence-electron chi connectivity index (χ2n) is 3.92. The molecular weight excluding hydrogens is 270 g/mol. The van der Waals surface area contributed by atoms with E-state index in [4.69, 9.17) is 5.11 Å². The van der Waals surface area contributed by atoms with Gasteiger partial charge in [0, 0.05) is 12.8 Å². The molecule has 0 atom stereocenters. The third kappa shape index (κ3) is 5.62. The number of sulfonamides is 1. The first-order valence-electron chi connectivity index (χ1n) is 5.70. The van der Waals surface area contributed by atoms with Crippen molar-refractivity contribution in [3.63, 3.8) is 0 Å². The van der Waals surface area contributed by atoms with Gasteiger partial charge in [0.15, 0.2) is 0 Å². The molecule has 1 rings (SSSR count). The molecule has 0 spiro atoms. The van der Waals surface area contributed by atoms with Crippen LogP contribution in [0.1, 0.15) is 19.3 Å². The van der Waals surface area contributed by atoms with Gasteiger partial charge >= 0.3 is 5.97 Å². The summed E-state index contributed by atoms with van der Waals surface area (Å²) in [6.45, 7) is -0.323. The number of hydrogen-bond donors (Lipinski definition) is 2.